The van der Waals surface area contributed by atoms with Crippen LogP contribution < -0.4 is 5.32 Å². The Hall–Kier alpha value is -0.980. The Bertz CT molecular complexity index is 456. The molecule has 0 saturated carbocycles. The average molecular weight is 281 g/mol. The lowest BCUT2D eigenvalue weighted by molar-refractivity contribution is -0.380. The Kier molecular flexibility index (Phi) is 3.81. The maximum absolute atomic E-state index is 10.7. The van der Waals surface area contributed by atoms with E-state index >= 15 is 0 Å². The minimum atomic E-state index is -0.297. The number of thiophene rings is 1. The van der Waals surface area contributed by atoms with Gasteiger partial charge in [-0.3, -0.25) is 15.0 Å². The fourth-order valence-electron chi connectivity index (χ4n) is 3.32. The lowest BCUT2D eigenvalue weighted by Crippen LogP contribution is -2.43. The highest BCUT2D eigenvalue weighted by Crippen LogP contribution is 2.29. The number of nitrogens with one attached hydrogen (secondary N) is 1. The van der Waals surface area contributed by atoms with E-state index in [0.717, 1.165) is 25.2 Å². The van der Waals surface area contributed by atoms with E-state index in [9.17, 15) is 10.1 Å². The second-order valence-corrected chi connectivity index (χ2v) is 6.32. The number of hydrogen-bond acceptors (Lipinski definition) is 5. The van der Waals surface area contributed by atoms with Gasteiger partial charge in [-0.05, 0) is 44.3 Å². The zero-order valence-electron chi connectivity index (χ0n) is 10.9. The molecule has 1 N–H and O–H groups in total. The van der Waals surface area contributed by atoms with Crippen molar-refractivity contribution in [2.45, 2.75) is 44.3 Å². The molecule has 2 atom stereocenters. The first-order valence-electron chi connectivity index (χ1n) is 6.93. The highest BCUT2D eigenvalue weighted by atomic mass is 32.1. The second-order valence-electron chi connectivity index (χ2n) is 5.43. The predicted octanol–water partition coefficient (Wildman–Crippen LogP) is 2.37. The van der Waals surface area contributed by atoms with Gasteiger partial charge in [0.2, 0.25) is 0 Å². The molecular weight excluding hydrogens is 262 g/mol. The van der Waals surface area contributed by atoms with E-state index < -0.39 is 0 Å². The molecule has 2 aliphatic heterocycles. The third-order valence-corrected chi connectivity index (χ3v) is 5.11. The predicted molar refractivity (Wildman–Crippen MR) is 75.4 cm³/mol. The Balaban J connectivity index is 1.65. The van der Waals surface area contributed by atoms with Gasteiger partial charge in [0, 0.05) is 30.1 Å². The highest BCUT2D eigenvalue weighted by molar-refractivity contribution is 7.13. The summed E-state index contributed by atoms with van der Waals surface area (Å²) >= 11 is 1.23. The molecule has 3 heterocycles. The molecular formula is C13H19N3O2S. The first-order chi connectivity index (χ1) is 9.24. The van der Waals surface area contributed by atoms with E-state index in [2.05, 4.69) is 10.2 Å². The molecule has 0 amide bonds. The minimum Gasteiger partial charge on any atom is -0.312 e. The molecule has 104 valence electrons. The van der Waals surface area contributed by atoms with Gasteiger partial charge in [-0.25, -0.2) is 0 Å². The van der Waals surface area contributed by atoms with Crippen molar-refractivity contribution >= 4 is 16.3 Å². The van der Waals surface area contributed by atoms with Crippen LogP contribution in [-0.2, 0) is 6.54 Å². The van der Waals surface area contributed by atoms with Crippen molar-refractivity contribution in [3.8, 4) is 0 Å². The summed E-state index contributed by atoms with van der Waals surface area (Å²) in [7, 11) is 0. The summed E-state index contributed by atoms with van der Waals surface area (Å²) in [5, 5.41) is 16.5. The molecule has 6 heteroatoms. The van der Waals surface area contributed by atoms with Crippen LogP contribution in [0, 0.1) is 10.1 Å². The van der Waals surface area contributed by atoms with Crippen molar-refractivity contribution in [1.29, 1.82) is 0 Å². The van der Waals surface area contributed by atoms with Crippen LogP contribution in [0.4, 0.5) is 5.00 Å². The molecule has 2 fully saturated rings. The van der Waals surface area contributed by atoms with Crippen LogP contribution in [0.25, 0.3) is 0 Å². The molecule has 0 aromatic carbocycles. The van der Waals surface area contributed by atoms with Crippen molar-refractivity contribution in [3.63, 3.8) is 0 Å². The van der Waals surface area contributed by atoms with Crippen molar-refractivity contribution in [1.82, 2.24) is 10.2 Å². The number of nitrogens with zero attached hydrogens (tertiary/aromatic N) is 2. The molecule has 1 aromatic heterocycles. The van der Waals surface area contributed by atoms with Crippen LogP contribution >= 0.6 is 11.3 Å². The van der Waals surface area contributed by atoms with Gasteiger partial charge in [0.15, 0.2) is 0 Å². The second kappa shape index (κ2) is 5.56. The van der Waals surface area contributed by atoms with E-state index in [0.29, 0.717) is 12.1 Å². The Labute approximate surface area is 116 Å². The highest BCUT2D eigenvalue weighted by Gasteiger charge is 2.33. The quantitative estimate of drug-likeness (QED) is 0.680. The minimum absolute atomic E-state index is 0.254. The largest absolute Gasteiger partial charge is 0.324 e. The van der Waals surface area contributed by atoms with Crippen molar-refractivity contribution in [2.75, 3.05) is 13.1 Å². The summed E-state index contributed by atoms with van der Waals surface area (Å²) in [6.45, 7) is 3.11. The SMILES string of the molecule is O=[N+]([O-])c1cc(CN2CCCC2C2CCCN2)cs1. The molecule has 0 radical (unpaired) electrons. The van der Waals surface area contributed by atoms with Gasteiger partial charge in [0.25, 0.3) is 0 Å². The van der Waals surface area contributed by atoms with Crippen LogP contribution in [0.2, 0.25) is 0 Å². The summed E-state index contributed by atoms with van der Waals surface area (Å²) in [5.41, 5.74) is 1.08. The number of hydrogen-bond donors (Lipinski definition) is 1. The molecule has 1 aromatic rings. The van der Waals surface area contributed by atoms with Gasteiger partial charge >= 0.3 is 5.00 Å². The van der Waals surface area contributed by atoms with E-state index in [1.54, 1.807) is 6.07 Å². The van der Waals surface area contributed by atoms with Gasteiger partial charge in [-0.1, -0.05) is 11.3 Å². The summed E-state index contributed by atoms with van der Waals surface area (Å²) in [4.78, 5) is 12.9. The first kappa shape index (κ1) is 13.0. The van der Waals surface area contributed by atoms with Gasteiger partial charge in [-0.2, -0.15) is 0 Å². The normalized spacial score (nSPS) is 28.0. The van der Waals surface area contributed by atoms with Crippen LogP contribution in [0.5, 0.6) is 0 Å². The maximum atomic E-state index is 10.7. The number of likely N-dealkylation sites (tertiary alicyclic amines) is 1. The zero-order chi connectivity index (χ0) is 13.2. The van der Waals surface area contributed by atoms with Crippen LogP contribution in [0.15, 0.2) is 11.4 Å². The average Bonchev–Trinajstić information content (AvgIpc) is 3.09. The van der Waals surface area contributed by atoms with Gasteiger partial charge in [0.05, 0.1) is 4.92 Å². The first-order valence-corrected chi connectivity index (χ1v) is 7.81. The van der Waals surface area contributed by atoms with E-state index in [1.807, 2.05) is 5.38 Å². The fraction of sp³-hybridized carbons (Fsp3) is 0.692. The van der Waals surface area contributed by atoms with E-state index in [4.69, 9.17) is 0 Å². The lowest BCUT2D eigenvalue weighted by Gasteiger charge is -2.29. The fourth-order valence-corrected chi connectivity index (χ4v) is 4.04. The topological polar surface area (TPSA) is 58.4 Å². The maximum Gasteiger partial charge on any atom is 0.324 e. The molecule has 2 saturated heterocycles. The molecule has 2 aliphatic rings. The summed E-state index contributed by atoms with van der Waals surface area (Å²) in [5.74, 6) is 0. The summed E-state index contributed by atoms with van der Waals surface area (Å²) in [6, 6.07) is 2.96. The molecule has 19 heavy (non-hydrogen) atoms. The number of rotatable bonds is 4. The van der Waals surface area contributed by atoms with Crippen molar-refractivity contribution in [2.24, 2.45) is 0 Å². The standard InChI is InChI=1S/C13H19N3O2S/c17-16(18)13-7-10(9-19-13)8-15-6-2-4-12(15)11-3-1-5-14-11/h7,9,11-12,14H,1-6,8H2. The lowest BCUT2D eigenvalue weighted by atomic mass is 10.0. The third-order valence-electron chi connectivity index (χ3n) is 4.18. The molecule has 0 bridgehead atoms. The van der Waals surface area contributed by atoms with Crippen LogP contribution in [0.3, 0.4) is 0 Å². The zero-order valence-corrected chi connectivity index (χ0v) is 11.7. The van der Waals surface area contributed by atoms with Crippen LogP contribution in [0.1, 0.15) is 31.2 Å². The number of nitro groups is 1. The van der Waals surface area contributed by atoms with Gasteiger partial charge in [0.1, 0.15) is 0 Å². The van der Waals surface area contributed by atoms with Crippen LogP contribution in [-0.4, -0.2) is 35.0 Å². The van der Waals surface area contributed by atoms with E-state index in [-0.39, 0.29) is 9.92 Å². The molecule has 3 rings (SSSR count). The van der Waals surface area contributed by atoms with Crippen molar-refractivity contribution < 1.29 is 4.92 Å². The Morgan fingerprint density at radius 3 is 3.05 bits per heavy atom. The Morgan fingerprint density at radius 2 is 2.37 bits per heavy atom. The molecule has 5 nitrogen and oxygen atoms in total. The van der Waals surface area contributed by atoms with Gasteiger partial charge in [-0.15, -0.1) is 0 Å². The molecule has 0 spiro atoms. The molecule has 0 aliphatic carbocycles. The smallest absolute Gasteiger partial charge is 0.312 e. The van der Waals surface area contributed by atoms with Crippen molar-refractivity contribution in [3.05, 3.63) is 27.1 Å². The van der Waals surface area contributed by atoms with Gasteiger partial charge < -0.3 is 5.32 Å². The Morgan fingerprint density at radius 1 is 1.47 bits per heavy atom. The third kappa shape index (κ3) is 2.80. The monoisotopic (exact) mass is 281 g/mol. The van der Waals surface area contributed by atoms with E-state index in [1.165, 1.54) is 37.0 Å². The summed E-state index contributed by atoms with van der Waals surface area (Å²) in [6.07, 6.45) is 5.04. The summed E-state index contributed by atoms with van der Waals surface area (Å²) < 4.78 is 0. The molecule has 2 unspecified atom stereocenters.